The van der Waals surface area contributed by atoms with Crippen molar-refractivity contribution in [1.29, 1.82) is 0 Å². The lowest BCUT2D eigenvalue weighted by atomic mass is 10.2. The van der Waals surface area contributed by atoms with Crippen molar-refractivity contribution in [3.63, 3.8) is 0 Å². The Morgan fingerprint density at radius 3 is 2.30 bits per heavy atom. The smallest absolute Gasteiger partial charge is 0.410 e. The van der Waals surface area contributed by atoms with E-state index < -0.39 is 35.2 Å². The number of nitrogens with zero attached hydrogens (tertiary/aromatic N) is 2. The van der Waals surface area contributed by atoms with Crippen LogP contribution in [0.4, 0.5) is 20.6 Å². The maximum Gasteiger partial charge on any atom is 0.410 e. The largest absolute Gasteiger partial charge is 0.444 e. The van der Waals surface area contributed by atoms with Crippen molar-refractivity contribution in [3.05, 3.63) is 76.6 Å². The third-order valence-corrected chi connectivity index (χ3v) is 6.15. The van der Waals surface area contributed by atoms with Crippen molar-refractivity contribution in [2.75, 3.05) is 23.7 Å². The summed E-state index contributed by atoms with van der Waals surface area (Å²) in [6.45, 7) is 6.06. The van der Waals surface area contributed by atoms with Crippen LogP contribution < -0.4 is 16.0 Å². The second-order valence-electron chi connectivity index (χ2n) is 10.1. The minimum absolute atomic E-state index is 0.0199. The number of halogens is 2. The number of aromatic nitrogens is 2. The maximum atomic E-state index is 13.2. The van der Waals surface area contributed by atoms with E-state index in [2.05, 4.69) is 25.9 Å². The van der Waals surface area contributed by atoms with Crippen molar-refractivity contribution in [1.82, 2.24) is 20.2 Å². The molecule has 4 amide bonds. The molecule has 11 nitrogen and oxygen atoms in total. The number of aromatic amines is 1. The van der Waals surface area contributed by atoms with E-state index >= 15 is 0 Å². The van der Waals surface area contributed by atoms with Crippen molar-refractivity contribution >= 4 is 46.8 Å². The molecule has 1 fully saturated rings. The van der Waals surface area contributed by atoms with Crippen LogP contribution >= 0.6 is 11.6 Å². The van der Waals surface area contributed by atoms with Crippen LogP contribution in [-0.2, 0) is 4.74 Å². The Kier molecular flexibility index (Phi) is 8.38. The molecule has 1 aliphatic rings. The molecule has 1 aromatic heterocycles. The van der Waals surface area contributed by atoms with Gasteiger partial charge in [0.1, 0.15) is 17.1 Å². The lowest BCUT2D eigenvalue weighted by Crippen LogP contribution is -2.40. The SMILES string of the molecule is CC(C)(C)OC(=O)N1CCC(NC(=O)c2[nH]cnc2C(=O)Nc2ccc(NC(=O)c3ccc(F)cc3Cl)cc2)C1. The molecule has 210 valence electrons. The molecule has 0 bridgehead atoms. The van der Waals surface area contributed by atoms with E-state index in [0.29, 0.717) is 24.3 Å². The Bertz CT molecular complexity index is 1440. The molecule has 0 radical (unpaired) electrons. The van der Waals surface area contributed by atoms with E-state index in [1.54, 1.807) is 45.0 Å². The van der Waals surface area contributed by atoms with Crippen LogP contribution in [-0.4, -0.2) is 63.4 Å². The monoisotopic (exact) mass is 570 g/mol. The Balaban J connectivity index is 1.33. The fraction of sp³-hybridized carbons (Fsp3) is 0.296. The van der Waals surface area contributed by atoms with Crippen molar-refractivity contribution in [3.8, 4) is 0 Å². The van der Waals surface area contributed by atoms with E-state index in [-0.39, 0.29) is 34.6 Å². The zero-order chi connectivity index (χ0) is 29.0. The zero-order valence-corrected chi connectivity index (χ0v) is 22.8. The number of benzene rings is 2. The molecule has 1 unspecified atom stereocenters. The van der Waals surface area contributed by atoms with Crippen LogP contribution in [0.5, 0.6) is 0 Å². The summed E-state index contributed by atoms with van der Waals surface area (Å²) in [6.07, 6.45) is 1.33. The molecular weight excluding hydrogens is 543 g/mol. The minimum atomic E-state index is -0.622. The summed E-state index contributed by atoms with van der Waals surface area (Å²) in [5.74, 6) is -2.23. The Labute approximate surface area is 234 Å². The van der Waals surface area contributed by atoms with Gasteiger partial charge in [0.25, 0.3) is 17.7 Å². The number of anilines is 2. The van der Waals surface area contributed by atoms with Crippen molar-refractivity contribution in [2.45, 2.75) is 38.8 Å². The van der Waals surface area contributed by atoms with E-state index in [4.69, 9.17) is 16.3 Å². The van der Waals surface area contributed by atoms with Crippen LogP contribution in [0.2, 0.25) is 5.02 Å². The number of rotatable bonds is 6. The summed E-state index contributed by atoms with van der Waals surface area (Å²) < 4.78 is 18.6. The minimum Gasteiger partial charge on any atom is -0.444 e. The average molecular weight is 571 g/mol. The summed E-state index contributed by atoms with van der Waals surface area (Å²) in [6, 6.07) is 9.36. The van der Waals surface area contributed by atoms with E-state index in [0.717, 1.165) is 12.1 Å². The molecule has 40 heavy (non-hydrogen) atoms. The molecule has 4 rings (SSSR count). The van der Waals surface area contributed by atoms with Gasteiger partial charge in [-0.2, -0.15) is 0 Å². The Hall–Kier alpha value is -4.45. The molecule has 0 saturated carbocycles. The first-order valence-corrected chi connectivity index (χ1v) is 12.8. The highest BCUT2D eigenvalue weighted by molar-refractivity contribution is 6.34. The maximum absolute atomic E-state index is 13.2. The third kappa shape index (κ3) is 7.14. The number of nitrogens with one attached hydrogen (secondary N) is 4. The van der Waals surface area contributed by atoms with Gasteiger partial charge in [-0.3, -0.25) is 14.4 Å². The van der Waals surface area contributed by atoms with Gasteiger partial charge in [-0.1, -0.05) is 11.6 Å². The van der Waals surface area contributed by atoms with Crippen LogP contribution in [0.15, 0.2) is 48.8 Å². The lowest BCUT2D eigenvalue weighted by Gasteiger charge is -2.24. The van der Waals surface area contributed by atoms with Crippen LogP contribution in [0.3, 0.4) is 0 Å². The van der Waals surface area contributed by atoms with Crippen LogP contribution in [0, 0.1) is 5.82 Å². The van der Waals surface area contributed by atoms with Gasteiger partial charge in [-0.05, 0) is 69.7 Å². The first-order valence-electron chi connectivity index (χ1n) is 12.4. The van der Waals surface area contributed by atoms with Gasteiger partial charge in [0.2, 0.25) is 0 Å². The number of likely N-dealkylation sites (tertiary alicyclic amines) is 1. The highest BCUT2D eigenvalue weighted by atomic mass is 35.5. The number of ether oxygens (including phenoxy) is 1. The van der Waals surface area contributed by atoms with Crippen LogP contribution in [0.25, 0.3) is 0 Å². The molecule has 13 heteroatoms. The third-order valence-electron chi connectivity index (χ3n) is 5.83. The lowest BCUT2D eigenvalue weighted by molar-refractivity contribution is 0.0289. The number of hydrogen-bond acceptors (Lipinski definition) is 6. The molecule has 2 aromatic carbocycles. The number of amides is 4. The second kappa shape index (κ2) is 11.7. The summed E-state index contributed by atoms with van der Waals surface area (Å²) in [5, 5.41) is 8.11. The second-order valence-corrected chi connectivity index (χ2v) is 10.5. The standard InChI is InChI=1S/C27H28ClFN6O5/c1-27(2,3)40-26(39)35-11-10-18(13-35)34-25(38)22-21(30-14-31-22)24(37)33-17-7-5-16(6-8-17)32-23(36)19-9-4-15(29)12-20(19)28/h4-9,12,14,18H,10-11,13H2,1-3H3,(H,30,31)(H,32,36)(H,33,37)(H,34,38). The first kappa shape index (κ1) is 28.6. The van der Waals surface area contributed by atoms with Gasteiger partial charge in [0.05, 0.1) is 16.9 Å². The predicted octanol–water partition coefficient (Wildman–Crippen LogP) is 4.45. The fourth-order valence-corrected chi connectivity index (χ4v) is 4.22. The average Bonchev–Trinajstić information content (AvgIpc) is 3.54. The van der Waals surface area contributed by atoms with Gasteiger partial charge in [0, 0.05) is 30.5 Å². The number of imidazole rings is 1. The highest BCUT2D eigenvalue weighted by Gasteiger charge is 2.32. The molecular formula is C27H28ClFN6O5. The molecule has 0 spiro atoms. The molecule has 4 N–H and O–H groups in total. The molecule has 1 atom stereocenters. The summed E-state index contributed by atoms with van der Waals surface area (Å²) >= 11 is 5.94. The normalized spacial score (nSPS) is 14.9. The van der Waals surface area contributed by atoms with E-state index in [1.807, 2.05) is 0 Å². The van der Waals surface area contributed by atoms with Gasteiger partial charge in [-0.25, -0.2) is 14.2 Å². The molecule has 3 aromatic rings. The highest BCUT2D eigenvalue weighted by Crippen LogP contribution is 2.21. The number of hydrogen-bond donors (Lipinski definition) is 4. The fourth-order valence-electron chi connectivity index (χ4n) is 3.97. The van der Waals surface area contributed by atoms with Crippen LogP contribution in [0.1, 0.15) is 58.5 Å². The molecule has 1 aliphatic heterocycles. The van der Waals surface area contributed by atoms with Gasteiger partial charge in [-0.15, -0.1) is 0 Å². The first-order chi connectivity index (χ1) is 18.9. The number of H-pyrrole nitrogens is 1. The zero-order valence-electron chi connectivity index (χ0n) is 22.0. The van der Waals surface area contributed by atoms with Gasteiger partial charge in [0.15, 0.2) is 5.69 Å². The van der Waals surface area contributed by atoms with E-state index in [1.165, 1.54) is 17.3 Å². The van der Waals surface area contributed by atoms with Gasteiger partial charge >= 0.3 is 6.09 Å². The Morgan fingerprint density at radius 2 is 1.68 bits per heavy atom. The van der Waals surface area contributed by atoms with E-state index in [9.17, 15) is 23.6 Å². The topological polar surface area (TPSA) is 146 Å². The Morgan fingerprint density at radius 1 is 1.02 bits per heavy atom. The number of carbonyl (C=O) groups is 4. The van der Waals surface area contributed by atoms with Gasteiger partial charge < -0.3 is 30.6 Å². The summed E-state index contributed by atoms with van der Waals surface area (Å²) in [5.41, 5.74) is 0.167. The predicted molar refractivity (Wildman–Crippen MR) is 146 cm³/mol. The molecule has 0 aliphatic carbocycles. The molecule has 2 heterocycles. The van der Waals surface area contributed by atoms with Crippen molar-refractivity contribution in [2.24, 2.45) is 0 Å². The quantitative estimate of drug-likeness (QED) is 0.344. The number of carbonyl (C=O) groups excluding carboxylic acids is 4. The van der Waals surface area contributed by atoms with Crippen molar-refractivity contribution < 1.29 is 28.3 Å². The summed E-state index contributed by atoms with van der Waals surface area (Å²) in [7, 11) is 0. The summed E-state index contributed by atoms with van der Waals surface area (Å²) in [4.78, 5) is 58.7. The molecule has 1 saturated heterocycles.